The lowest BCUT2D eigenvalue weighted by Gasteiger charge is -2.43. The number of carboxylic acids is 1. The number of allylic oxidation sites excluding steroid dienone is 1. The molecule has 1 spiro atoms. The van der Waals surface area contributed by atoms with E-state index in [1.54, 1.807) is 21.9 Å². The maximum Gasteiger partial charge on any atom is 0.333 e. The number of amides is 2. The number of halogens is 3. The molecule has 2 saturated heterocycles. The maximum atomic E-state index is 14.1. The summed E-state index contributed by atoms with van der Waals surface area (Å²) in [5, 5.41) is 10.9. The minimum Gasteiger partial charge on any atom is -0.487 e. The number of rotatable bonds is 9. The van der Waals surface area contributed by atoms with Gasteiger partial charge in [-0.3, -0.25) is 9.59 Å². The summed E-state index contributed by atoms with van der Waals surface area (Å²) in [6.45, 7) is 0.792. The van der Waals surface area contributed by atoms with Gasteiger partial charge >= 0.3 is 5.97 Å². The number of benzene rings is 1. The first-order valence-corrected chi connectivity index (χ1v) is 14.4. The summed E-state index contributed by atoms with van der Waals surface area (Å²) in [5.74, 6) is 3.32. The molecule has 230 valence electrons. The van der Waals surface area contributed by atoms with Crippen molar-refractivity contribution < 1.29 is 37.7 Å². The number of nitrogens with two attached hydrogens (primary N) is 2. The summed E-state index contributed by atoms with van der Waals surface area (Å²) < 4.78 is 38.6. The van der Waals surface area contributed by atoms with Crippen molar-refractivity contribution in [3.63, 3.8) is 0 Å². The Hall–Kier alpha value is -3.16. The van der Waals surface area contributed by atoms with Crippen LogP contribution in [0.15, 0.2) is 23.5 Å². The van der Waals surface area contributed by atoms with Crippen LogP contribution in [0, 0.1) is 11.3 Å². The Bertz CT molecular complexity index is 1280. The van der Waals surface area contributed by atoms with Crippen molar-refractivity contribution in [1.82, 2.24) is 14.8 Å². The second kappa shape index (κ2) is 11.8. The average molecular weight is 612 g/mol. The summed E-state index contributed by atoms with van der Waals surface area (Å²) >= 11 is 6.62. The third kappa shape index (κ3) is 5.86. The van der Waals surface area contributed by atoms with E-state index in [1.165, 1.54) is 7.05 Å². The average Bonchev–Trinajstić information content (AvgIpc) is 3.62. The SMILES string of the molecule is CN(N)/C(=C(\N)COc1ccc(Cl)c2c1[C@@H](CN1CC3(CC3)CC1=O)N(C(=O)[C@@H]1CCCO[C@@H]1C(=O)O)CC2)C(F)F. The van der Waals surface area contributed by atoms with E-state index in [0.717, 1.165) is 17.9 Å². The minimum absolute atomic E-state index is 0.0133. The van der Waals surface area contributed by atoms with Crippen molar-refractivity contribution in [3.8, 4) is 5.75 Å². The van der Waals surface area contributed by atoms with Gasteiger partial charge in [-0.2, -0.15) is 0 Å². The Morgan fingerprint density at radius 3 is 2.69 bits per heavy atom. The van der Waals surface area contributed by atoms with Crippen molar-refractivity contribution in [2.45, 2.75) is 57.1 Å². The third-order valence-electron chi connectivity index (χ3n) is 8.79. The van der Waals surface area contributed by atoms with E-state index in [0.29, 0.717) is 48.4 Å². The quantitative estimate of drug-likeness (QED) is 0.282. The monoisotopic (exact) mass is 611 g/mol. The highest BCUT2D eigenvalue weighted by Gasteiger charge is 2.53. The van der Waals surface area contributed by atoms with E-state index in [9.17, 15) is 28.3 Å². The molecule has 4 aliphatic rings. The Kier molecular flexibility index (Phi) is 8.55. The molecule has 14 heteroatoms. The number of ether oxygens (including phenoxy) is 2. The highest BCUT2D eigenvalue weighted by atomic mass is 35.5. The smallest absolute Gasteiger partial charge is 0.333 e. The molecule has 1 aromatic rings. The lowest BCUT2D eigenvalue weighted by atomic mass is 9.87. The molecule has 5 rings (SSSR count). The Morgan fingerprint density at radius 2 is 2.07 bits per heavy atom. The number of carbonyl (C=O) groups excluding carboxylic acids is 2. The molecule has 1 aromatic carbocycles. The first kappa shape index (κ1) is 30.3. The second-order valence-electron chi connectivity index (χ2n) is 11.7. The zero-order valence-corrected chi connectivity index (χ0v) is 24.1. The van der Waals surface area contributed by atoms with Gasteiger partial charge in [0, 0.05) is 50.3 Å². The molecule has 3 heterocycles. The molecule has 0 radical (unpaired) electrons. The van der Waals surface area contributed by atoms with E-state index in [1.807, 2.05) is 0 Å². The normalized spacial score (nSPS) is 25.4. The van der Waals surface area contributed by atoms with Crippen LogP contribution in [0.3, 0.4) is 0 Å². The molecule has 2 amide bonds. The third-order valence-corrected chi connectivity index (χ3v) is 9.15. The predicted molar refractivity (Wildman–Crippen MR) is 147 cm³/mol. The van der Waals surface area contributed by atoms with Crippen LogP contribution in [-0.4, -0.2) is 90.1 Å². The summed E-state index contributed by atoms with van der Waals surface area (Å²) in [4.78, 5) is 42.4. The van der Waals surface area contributed by atoms with Gasteiger partial charge in [-0.05, 0) is 55.2 Å². The van der Waals surface area contributed by atoms with Gasteiger partial charge in [-0.25, -0.2) is 19.4 Å². The van der Waals surface area contributed by atoms with Gasteiger partial charge in [0.05, 0.1) is 17.7 Å². The topological polar surface area (TPSA) is 152 Å². The number of alkyl halides is 2. The van der Waals surface area contributed by atoms with Crippen molar-refractivity contribution in [1.29, 1.82) is 0 Å². The summed E-state index contributed by atoms with van der Waals surface area (Å²) in [6.07, 6.45) is -0.606. The number of carboxylic acid groups (broad SMARTS) is 1. The molecule has 42 heavy (non-hydrogen) atoms. The van der Waals surface area contributed by atoms with Crippen LogP contribution in [-0.2, 0) is 25.5 Å². The Balaban J connectivity index is 1.52. The second-order valence-corrected chi connectivity index (χ2v) is 12.1. The lowest BCUT2D eigenvalue weighted by Crippen LogP contribution is -2.52. The van der Waals surface area contributed by atoms with Crippen molar-refractivity contribution in [2.24, 2.45) is 22.9 Å². The van der Waals surface area contributed by atoms with Gasteiger partial charge in [-0.15, -0.1) is 0 Å². The van der Waals surface area contributed by atoms with E-state index in [-0.39, 0.29) is 48.4 Å². The van der Waals surface area contributed by atoms with Gasteiger partial charge in [0.2, 0.25) is 11.8 Å². The fraction of sp³-hybridized carbons (Fsp3) is 0.607. The highest BCUT2D eigenvalue weighted by Crippen LogP contribution is 2.54. The molecule has 3 atom stereocenters. The largest absolute Gasteiger partial charge is 0.487 e. The van der Waals surface area contributed by atoms with Crippen molar-refractivity contribution in [3.05, 3.63) is 39.7 Å². The predicted octanol–water partition coefficient (Wildman–Crippen LogP) is 2.28. The van der Waals surface area contributed by atoms with Gasteiger partial charge < -0.3 is 35.1 Å². The lowest BCUT2D eigenvalue weighted by molar-refractivity contribution is -0.167. The standard InChI is InChI=1S/C28H36ClF2N5O6/c1-34(33)23(25(30)31)18(32)13-42-20-5-4-17(29)15-6-9-36(26(38)16-3-2-10-41-24(16)27(39)40)19(22(15)20)12-35-14-28(7-8-28)11-21(35)37/h4-5,16,19,24-25H,2-3,6-14,32-33H2,1H3,(H,39,40)/b23-18-/t16-,19-,24+/m1/s1. The van der Waals surface area contributed by atoms with Gasteiger partial charge in [-0.1, -0.05) is 11.6 Å². The summed E-state index contributed by atoms with van der Waals surface area (Å²) in [5.41, 5.74) is 6.32. The molecular weight excluding hydrogens is 576 g/mol. The van der Waals surface area contributed by atoms with Crippen LogP contribution in [0.2, 0.25) is 5.02 Å². The molecule has 0 aromatic heterocycles. The fourth-order valence-corrected chi connectivity index (χ4v) is 6.73. The van der Waals surface area contributed by atoms with Crippen LogP contribution in [0.25, 0.3) is 0 Å². The molecular formula is C28H36ClF2N5O6. The molecule has 0 bridgehead atoms. The van der Waals surface area contributed by atoms with Crippen LogP contribution in [0.5, 0.6) is 5.75 Å². The molecule has 1 aliphatic carbocycles. The number of nitrogens with zero attached hydrogens (tertiary/aromatic N) is 3. The number of aliphatic carboxylic acids is 1. The minimum atomic E-state index is -2.93. The molecule has 0 unspecified atom stereocenters. The molecule has 3 aliphatic heterocycles. The number of likely N-dealkylation sites (tertiary alicyclic amines) is 1. The fourth-order valence-electron chi connectivity index (χ4n) is 6.47. The Morgan fingerprint density at radius 1 is 1.33 bits per heavy atom. The van der Waals surface area contributed by atoms with Gasteiger partial charge in [0.25, 0.3) is 6.43 Å². The van der Waals surface area contributed by atoms with Gasteiger partial charge in [0.15, 0.2) is 6.10 Å². The van der Waals surface area contributed by atoms with Gasteiger partial charge in [0.1, 0.15) is 18.1 Å². The van der Waals surface area contributed by atoms with Crippen molar-refractivity contribution >= 4 is 29.4 Å². The van der Waals surface area contributed by atoms with E-state index < -0.39 is 42.8 Å². The van der Waals surface area contributed by atoms with Crippen LogP contribution in [0.1, 0.15) is 49.3 Å². The highest BCUT2D eigenvalue weighted by molar-refractivity contribution is 6.31. The van der Waals surface area contributed by atoms with E-state index >= 15 is 0 Å². The number of hydrogen-bond donors (Lipinski definition) is 3. The first-order chi connectivity index (χ1) is 19.9. The number of fused-ring (bicyclic) bond motifs is 1. The molecule has 11 nitrogen and oxygen atoms in total. The molecule has 3 fully saturated rings. The zero-order chi connectivity index (χ0) is 30.3. The zero-order valence-electron chi connectivity index (χ0n) is 23.4. The summed E-state index contributed by atoms with van der Waals surface area (Å²) in [7, 11) is 1.25. The number of carbonyl (C=O) groups is 3. The van der Waals surface area contributed by atoms with Crippen LogP contribution >= 0.6 is 11.6 Å². The van der Waals surface area contributed by atoms with Crippen LogP contribution < -0.4 is 16.3 Å². The number of hydrazine groups is 1. The molecule has 5 N–H and O–H groups in total. The Labute approximate surface area is 247 Å². The maximum absolute atomic E-state index is 14.1. The van der Waals surface area contributed by atoms with Crippen LogP contribution in [0.4, 0.5) is 8.78 Å². The van der Waals surface area contributed by atoms with E-state index in [2.05, 4.69) is 0 Å². The first-order valence-electron chi connectivity index (χ1n) is 14.0. The van der Waals surface area contributed by atoms with Crippen molar-refractivity contribution in [2.75, 3.05) is 39.9 Å². The van der Waals surface area contributed by atoms with E-state index in [4.69, 9.17) is 32.7 Å². The summed E-state index contributed by atoms with van der Waals surface area (Å²) in [6, 6.07) is 2.49. The molecule has 1 saturated carbocycles. The number of hydrogen-bond acceptors (Lipinski definition) is 8.